The van der Waals surface area contributed by atoms with E-state index in [-0.39, 0.29) is 5.91 Å². The lowest BCUT2D eigenvalue weighted by Gasteiger charge is -2.34. The summed E-state index contributed by atoms with van der Waals surface area (Å²) in [5.74, 6) is 0.960. The first-order chi connectivity index (χ1) is 19.1. The summed E-state index contributed by atoms with van der Waals surface area (Å²) in [4.78, 5) is 34.7. The molecule has 0 unspecified atom stereocenters. The molecule has 2 N–H and O–H groups in total. The first-order valence-electron chi connectivity index (χ1n) is 12.6. The fraction of sp³-hybridized carbons (Fsp3) is 0.172. The number of benzene rings is 1. The summed E-state index contributed by atoms with van der Waals surface area (Å²) in [6, 6.07) is 19.5. The minimum atomic E-state index is -0.144. The number of piperazine rings is 1. The van der Waals surface area contributed by atoms with Gasteiger partial charge in [-0.25, -0.2) is 15.0 Å². The standard InChI is InChI=1S/C29H25N9O/c30-17-21-9-12-32-18-24(21)29(39)37-15-13-36(14-16-37)19-20-5-7-22(8-6-20)38-27(23-3-1-10-33-26(23)31)35-25-4-2-11-34-28(25)38/h1-12,18H,13-16,19H2,(H2,31,33). The van der Waals surface area contributed by atoms with Gasteiger partial charge in [-0.3, -0.25) is 19.2 Å². The Morgan fingerprint density at radius 1 is 0.949 bits per heavy atom. The number of amides is 1. The highest BCUT2D eigenvalue weighted by atomic mass is 16.2. The van der Waals surface area contributed by atoms with E-state index in [4.69, 9.17) is 10.7 Å². The first-order valence-corrected chi connectivity index (χ1v) is 12.6. The maximum absolute atomic E-state index is 12.9. The summed E-state index contributed by atoms with van der Waals surface area (Å²) in [6.45, 7) is 3.45. The molecule has 0 bridgehead atoms. The zero-order chi connectivity index (χ0) is 26.8. The highest BCUT2D eigenvalue weighted by Gasteiger charge is 2.24. The Kier molecular flexibility index (Phi) is 6.40. The molecule has 6 rings (SSSR count). The van der Waals surface area contributed by atoms with E-state index in [1.165, 1.54) is 12.4 Å². The predicted molar refractivity (Wildman–Crippen MR) is 147 cm³/mol. The maximum atomic E-state index is 12.9. The molecule has 192 valence electrons. The number of fused-ring (bicyclic) bond motifs is 1. The van der Waals surface area contributed by atoms with Crippen LogP contribution in [0.1, 0.15) is 21.5 Å². The monoisotopic (exact) mass is 515 g/mol. The molecule has 0 aliphatic carbocycles. The number of anilines is 1. The van der Waals surface area contributed by atoms with E-state index in [1.54, 1.807) is 23.4 Å². The highest BCUT2D eigenvalue weighted by molar-refractivity contribution is 5.96. The molecule has 1 aliphatic heterocycles. The van der Waals surface area contributed by atoms with Gasteiger partial charge in [-0.2, -0.15) is 5.26 Å². The minimum Gasteiger partial charge on any atom is -0.383 e. The number of hydrogen-bond acceptors (Lipinski definition) is 8. The summed E-state index contributed by atoms with van der Waals surface area (Å²) in [5.41, 5.74) is 11.3. The maximum Gasteiger partial charge on any atom is 0.256 e. The van der Waals surface area contributed by atoms with Crippen LogP contribution >= 0.6 is 0 Å². The van der Waals surface area contributed by atoms with Gasteiger partial charge in [0.1, 0.15) is 17.4 Å². The smallest absolute Gasteiger partial charge is 0.256 e. The predicted octanol–water partition coefficient (Wildman–Crippen LogP) is 3.29. The van der Waals surface area contributed by atoms with Crippen molar-refractivity contribution in [1.29, 1.82) is 5.26 Å². The molecular weight excluding hydrogens is 490 g/mol. The van der Waals surface area contributed by atoms with Crippen LogP contribution in [-0.4, -0.2) is 66.4 Å². The molecule has 39 heavy (non-hydrogen) atoms. The van der Waals surface area contributed by atoms with Crippen molar-refractivity contribution in [2.75, 3.05) is 31.9 Å². The SMILES string of the molecule is N#Cc1ccncc1C(=O)N1CCN(Cc2ccc(-n3c(-c4cccnc4N)nc4cccnc43)cc2)CC1. The Morgan fingerprint density at radius 3 is 2.49 bits per heavy atom. The zero-order valence-corrected chi connectivity index (χ0v) is 21.1. The van der Waals surface area contributed by atoms with Crippen LogP contribution in [0, 0.1) is 11.3 Å². The molecule has 1 amide bonds. The molecule has 1 aromatic carbocycles. The lowest BCUT2D eigenvalue weighted by Crippen LogP contribution is -2.48. The number of pyridine rings is 3. The van der Waals surface area contributed by atoms with Gasteiger partial charge in [0.2, 0.25) is 0 Å². The van der Waals surface area contributed by atoms with Crippen molar-refractivity contribution < 1.29 is 4.79 Å². The second kappa shape index (κ2) is 10.3. The van der Waals surface area contributed by atoms with Crippen LogP contribution < -0.4 is 5.73 Å². The average Bonchev–Trinajstić information content (AvgIpc) is 3.37. The topological polar surface area (TPSA) is 130 Å². The molecule has 5 heterocycles. The summed E-state index contributed by atoms with van der Waals surface area (Å²) in [6.07, 6.45) is 6.42. The van der Waals surface area contributed by atoms with Crippen molar-refractivity contribution in [2.24, 2.45) is 0 Å². The second-order valence-corrected chi connectivity index (χ2v) is 9.32. The van der Waals surface area contributed by atoms with Crippen LogP contribution in [0.5, 0.6) is 0 Å². The molecule has 10 heteroatoms. The first kappa shape index (κ1) is 24.2. The Labute approximate surface area is 225 Å². The molecule has 0 radical (unpaired) electrons. The fourth-order valence-electron chi connectivity index (χ4n) is 4.89. The summed E-state index contributed by atoms with van der Waals surface area (Å²) >= 11 is 0. The summed E-state index contributed by atoms with van der Waals surface area (Å²) in [5, 5.41) is 9.32. The number of nitrogens with zero attached hydrogens (tertiary/aromatic N) is 8. The molecular formula is C29H25N9O. The van der Waals surface area contributed by atoms with E-state index in [1.807, 2.05) is 28.8 Å². The number of carbonyl (C=O) groups excluding carboxylic acids is 1. The van der Waals surface area contributed by atoms with Gasteiger partial charge in [-0.05, 0) is 48.0 Å². The zero-order valence-electron chi connectivity index (χ0n) is 21.1. The molecule has 0 spiro atoms. The minimum absolute atomic E-state index is 0.144. The van der Waals surface area contributed by atoms with Gasteiger partial charge in [-0.1, -0.05) is 12.1 Å². The number of imidazole rings is 1. The van der Waals surface area contributed by atoms with Gasteiger partial charge in [0.25, 0.3) is 5.91 Å². The average molecular weight is 516 g/mol. The molecule has 1 aliphatic rings. The van der Waals surface area contributed by atoms with Gasteiger partial charge >= 0.3 is 0 Å². The van der Waals surface area contributed by atoms with Gasteiger partial charge < -0.3 is 10.6 Å². The van der Waals surface area contributed by atoms with Crippen molar-refractivity contribution in [3.05, 3.63) is 96.1 Å². The van der Waals surface area contributed by atoms with Crippen molar-refractivity contribution >= 4 is 22.9 Å². The van der Waals surface area contributed by atoms with Crippen LogP contribution in [0.25, 0.3) is 28.2 Å². The number of rotatable bonds is 5. The third kappa shape index (κ3) is 4.67. The number of nitrogen functional groups attached to an aromatic ring is 1. The third-order valence-electron chi connectivity index (χ3n) is 6.93. The Balaban J connectivity index is 1.18. The van der Waals surface area contributed by atoms with Crippen molar-refractivity contribution in [3.8, 4) is 23.1 Å². The van der Waals surface area contributed by atoms with Crippen molar-refractivity contribution in [2.45, 2.75) is 6.54 Å². The van der Waals surface area contributed by atoms with Crippen LogP contribution in [0.3, 0.4) is 0 Å². The van der Waals surface area contributed by atoms with E-state index in [0.29, 0.717) is 35.9 Å². The van der Waals surface area contributed by atoms with Crippen LogP contribution in [0.15, 0.2) is 79.4 Å². The third-order valence-corrected chi connectivity index (χ3v) is 6.93. The van der Waals surface area contributed by atoms with Crippen LogP contribution in [-0.2, 0) is 6.54 Å². The van der Waals surface area contributed by atoms with Gasteiger partial charge in [-0.15, -0.1) is 0 Å². The molecule has 0 atom stereocenters. The Hall–Kier alpha value is -5.14. The van der Waals surface area contributed by atoms with E-state index in [2.05, 4.69) is 50.2 Å². The normalized spacial score (nSPS) is 13.9. The van der Waals surface area contributed by atoms with Crippen LogP contribution in [0.2, 0.25) is 0 Å². The quantitative estimate of drug-likeness (QED) is 0.377. The number of aromatic nitrogens is 5. The lowest BCUT2D eigenvalue weighted by molar-refractivity contribution is 0.0627. The molecule has 0 saturated carbocycles. The number of carbonyl (C=O) groups is 1. The molecule has 1 fully saturated rings. The number of nitrogens with two attached hydrogens (primary N) is 1. The second-order valence-electron chi connectivity index (χ2n) is 9.32. The Bertz CT molecular complexity index is 1700. The largest absolute Gasteiger partial charge is 0.383 e. The molecule has 5 aromatic rings. The highest BCUT2D eigenvalue weighted by Crippen LogP contribution is 2.30. The van der Waals surface area contributed by atoms with E-state index >= 15 is 0 Å². The molecule has 10 nitrogen and oxygen atoms in total. The Morgan fingerprint density at radius 2 is 1.72 bits per heavy atom. The summed E-state index contributed by atoms with van der Waals surface area (Å²) < 4.78 is 2.00. The van der Waals surface area contributed by atoms with Crippen molar-refractivity contribution in [1.82, 2.24) is 34.3 Å². The fourth-order valence-corrected chi connectivity index (χ4v) is 4.89. The van der Waals surface area contributed by atoms with E-state index in [0.717, 1.165) is 47.6 Å². The van der Waals surface area contributed by atoms with Gasteiger partial charge in [0.15, 0.2) is 11.5 Å². The van der Waals surface area contributed by atoms with Crippen molar-refractivity contribution in [3.63, 3.8) is 0 Å². The molecule has 1 saturated heterocycles. The lowest BCUT2D eigenvalue weighted by atomic mass is 10.1. The van der Waals surface area contributed by atoms with E-state index in [9.17, 15) is 10.1 Å². The summed E-state index contributed by atoms with van der Waals surface area (Å²) in [7, 11) is 0. The molecule has 4 aromatic heterocycles. The van der Waals surface area contributed by atoms with Gasteiger partial charge in [0, 0.05) is 63.2 Å². The number of hydrogen-bond donors (Lipinski definition) is 1. The van der Waals surface area contributed by atoms with E-state index < -0.39 is 0 Å². The number of nitriles is 1. The van der Waals surface area contributed by atoms with Gasteiger partial charge in [0.05, 0.1) is 16.7 Å². The van der Waals surface area contributed by atoms with Crippen LogP contribution in [0.4, 0.5) is 5.82 Å².